The number of thioether (sulfide) groups is 1. The normalized spacial score (nSPS) is 21.4. The molecule has 4 heterocycles. The molecular formula is C30H34N4O4S2. The summed E-state index contributed by atoms with van der Waals surface area (Å²) in [6.45, 7) is 11.0. The zero-order valence-electron chi connectivity index (χ0n) is 23.4. The molecule has 2 fully saturated rings. The number of nitrogens with zero attached hydrogens (tertiary/aromatic N) is 4. The second-order valence-electron chi connectivity index (χ2n) is 11.0. The van der Waals surface area contributed by atoms with Crippen molar-refractivity contribution in [2.24, 2.45) is 11.8 Å². The van der Waals surface area contributed by atoms with E-state index >= 15 is 0 Å². The van der Waals surface area contributed by atoms with Crippen LogP contribution in [0, 0.1) is 30.1 Å². The first-order valence-electron chi connectivity index (χ1n) is 13.8. The van der Waals surface area contributed by atoms with Crippen molar-refractivity contribution in [3.63, 3.8) is 0 Å². The van der Waals surface area contributed by atoms with Crippen molar-refractivity contribution >= 4 is 46.1 Å². The molecule has 2 aromatic rings. The van der Waals surface area contributed by atoms with Gasteiger partial charge in [-0.2, -0.15) is 5.26 Å². The number of amides is 1. The molecule has 1 aromatic carbocycles. The molecule has 0 bridgehead atoms. The average molecular weight is 579 g/mol. The Morgan fingerprint density at radius 3 is 2.60 bits per heavy atom. The molecule has 0 radical (unpaired) electrons. The summed E-state index contributed by atoms with van der Waals surface area (Å²) in [6.07, 6.45) is 4.70. The van der Waals surface area contributed by atoms with Gasteiger partial charge >= 0.3 is 0 Å². The number of pyridine rings is 1. The van der Waals surface area contributed by atoms with Crippen molar-refractivity contribution in [2.75, 3.05) is 24.8 Å². The maximum Gasteiger partial charge on any atom is 0.270 e. The molecule has 0 aliphatic carbocycles. The minimum absolute atomic E-state index is 0.125. The Bertz CT molecular complexity index is 1480. The van der Waals surface area contributed by atoms with E-state index < -0.39 is 0 Å². The van der Waals surface area contributed by atoms with E-state index in [4.69, 9.17) is 21.7 Å². The molecule has 2 atom stereocenters. The Morgan fingerprint density at radius 1 is 1.18 bits per heavy atom. The Kier molecular flexibility index (Phi) is 8.24. The second-order valence-corrected chi connectivity index (χ2v) is 12.6. The van der Waals surface area contributed by atoms with E-state index in [1.807, 2.05) is 31.2 Å². The van der Waals surface area contributed by atoms with Gasteiger partial charge in [0.2, 0.25) is 6.79 Å². The fraction of sp³-hybridized carbons (Fsp3) is 0.467. The van der Waals surface area contributed by atoms with Crippen LogP contribution in [0.1, 0.15) is 62.3 Å². The first-order chi connectivity index (χ1) is 19.2. The SMILES string of the molecule is CCCCn1c(N2CC(C)CC(C)C2)c(C=C2SC(=S)N(Cc3ccc4c(c3)OCO4)C2=O)c(C)c(C#N)c1=O. The van der Waals surface area contributed by atoms with E-state index in [1.54, 1.807) is 9.47 Å². The molecule has 210 valence electrons. The van der Waals surface area contributed by atoms with Crippen LogP contribution in [0.5, 0.6) is 11.5 Å². The first-order valence-corrected chi connectivity index (χ1v) is 15.0. The lowest BCUT2D eigenvalue weighted by atomic mass is 9.91. The van der Waals surface area contributed by atoms with Crippen molar-refractivity contribution < 1.29 is 14.3 Å². The highest BCUT2D eigenvalue weighted by Gasteiger charge is 2.34. The number of unbranched alkanes of at least 4 members (excludes halogenated alkanes) is 1. The molecule has 2 saturated heterocycles. The minimum atomic E-state index is -0.262. The molecule has 2 unspecified atom stereocenters. The van der Waals surface area contributed by atoms with Gasteiger partial charge < -0.3 is 14.4 Å². The van der Waals surface area contributed by atoms with Gasteiger partial charge in [0.15, 0.2) is 11.5 Å². The lowest BCUT2D eigenvalue weighted by molar-refractivity contribution is -0.122. The molecule has 3 aliphatic heterocycles. The number of hydrogen-bond acceptors (Lipinski definition) is 8. The standard InChI is InChI=1S/C30H34N4O4S2/c1-5-6-9-33-27(32-14-18(2)10-19(3)15-32)22(20(4)23(13-31)28(33)35)12-26-29(36)34(30(39)40-26)16-21-7-8-24-25(11-21)38-17-37-24/h7-8,11-12,18-19H,5-6,9-10,14-17H2,1-4H3. The lowest BCUT2D eigenvalue weighted by Crippen LogP contribution is -2.43. The molecule has 8 nitrogen and oxygen atoms in total. The molecule has 0 spiro atoms. The summed E-state index contributed by atoms with van der Waals surface area (Å²) in [6, 6.07) is 7.75. The van der Waals surface area contributed by atoms with Gasteiger partial charge in [0.1, 0.15) is 21.8 Å². The maximum atomic E-state index is 13.7. The van der Waals surface area contributed by atoms with Gasteiger partial charge in [-0.1, -0.05) is 57.2 Å². The largest absolute Gasteiger partial charge is 0.454 e. The Balaban J connectivity index is 1.57. The first kappa shape index (κ1) is 28.2. The number of aromatic nitrogens is 1. The zero-order chi connectivity index (χ0) is 28.6. The third kappa shape index (κ3) is 5.37. The third-order valence-corrected chi connectivity index (χ3v) is 9.05. The van der Waals surface area contributed by atoms with Crippen LogP contribution < -0.4 is 19.9 Å². The van der Waals surface area contributed by atoms with Gasteiger partial charge in [-0.15, -0.1) is 0 Å². The zero-order valence-corrected chi connectivity index (χ0v) is 25.0. The van der Waals surface area contributed by atoms with Crippen LogP contribution in [0.25, 0.3) is 6.08 Å². The lowest BCUT2D eigenvalue weighted by Gasteiger charge is -2.39. The van der Waals surface area contributed by atoms with E-state index in [2.05, 4.69) is 31.7 Å². The highest BCUT2D eigenvalue weighted by molar-refractivity contribution is 8.26. The highest BCUT2D eigenvalue weighted by atomic mass is 32.2. The number of carbonyl (C=O) groups is 1. The van der Waals surface area contributed by atoms with Crippen LogP contribution in [0.3, 0.4) is 0 Å². The van der Waals surface area contributed by atoms with Gasteiger partial charge in [0.25, 0.3) is 11.5 Å². The van der Waals surface area contributed by atoms with E-state index in [1.165, 1.54) is 11.8 Å². The van der Waals surface area contributed by atoms with Crippen molar-refractivity contribution in [1.29, 1.82) is 5.26 Å². The van der Waals surface area contributed by atoms with Crippen LogP contribution in [0.4, 0.5) is 5.82 Å². The number of ether oxygens (including phenoxy) is 2. The summed E-state index contributed by atoms with van der Waals surface area (Å²) in [4.78, 5) is 31.6. The number of thiocarbonyl (C=S) groups is 1. The van der Waals surface area contributed by atoms with E-state index in [9.17, 15) is 14.9 Å². The summed E-state index contributed by atoms with van der Waals surface area (Å²) in [5, 5.41) is 9.97. The number of rotatable bonds is 7. The molecular weight excluding hydrogens is 544 g/mol. The minimum Gasteiger partial charge on any atom is -0.454 e. The molecule has 5 rings (SSSR count). The highest BCUT2D eigenvalue weighted by Crippen LogP contribution is 2.39. The summed E-state index contributed by atoms with van der Waals surface area (Å²) >= 11 is 6.89. The van der Waals surface area contributed by atoms with Gasteiger partial charge in [-0.25, -0.2) is 0 Å². The average Bonchev–Trinajstić information content (AvgIpc) is 3.48. The predicted molar refractivity (Wildman–Crippen MR) is 162 cm³/mol. The fourth-order valence-electron chi connectivity index (χ4n) is 5.83. The number of anilines is 1. The maximum absolute atomic E-state index is 13.7. The van der Waals surface area contributed by atoms with Gasteiger partial charge in [0.05, 0.1) is 11.4 Å². The van der Waals surface area contributed by atoms with Crippen LogP contribution in [-0.4, -0.2) is 39.6 Å². The molecule has 0 N–H and O–H groups in total. The number of hydrogen-bond donors (Lipinski definition) is 0. The molecule has 3 aliphatic rings. The smallest absolute Gasteiger partial charge is 0.270 e. The second kappa shape index (κ2) is 11.7. The topological polar surface area (TPSA) is 87.8 Å². The van der Waals surface area contributed by atoms with Crippen molar-refractivity contribution in [3.05, 3.63) is 55.7 Å². The summed E-state index contributed by atoms with van der Waals surface area (Å²) in [5.74, 6) is 2.87. The quantitative estimate of drug-likeness (QED) is 0.317. The van der Waals surface area contributed by atoms with Gasteiger partial charge in [0, 0.05) is 25.2 Å². The molecule has 1 aromatic heterocycles. The Labute approximate surface area is 244 Å². The molecule has 0 saturated carbocycles. The van der Waals surface area contributed by atoms with E-state index in [0.717, 1.165) is 49.3 Å². The Hall–Kier alpha value is -3.29. The monoisotopic (exact) mass is 578 g/mol. The Morgan fingerprint density at radius 2 is 1.90 bits per heavy atom. The summed E-state index contributed by atoms with van der Waals surface area (Å²) in [5.41, 5.74) is 2.09. The number of nitriles is 1. The van der Waals surface area contributed by atoms with Crippen LogP contribution >= 0.6 is 24.0 Å². The van der Waals surface area contributed by atoms with E-state index in [0.29, 0.717) is 51.2 Å². The molecule has 10 heteroatoms. The van der Waals surface area contributed by atoms with Gasteiger partial charge in [-0.05, 0) is 60.9 Å². The van der Waals surface area contributed by atoms with E-state index in [-0.39, 0.29) is 23.8 Å². The number of benzene rings is 1. The predicted octanol–water partition coefficient (Wildman–Crippen LogP) is 5.44. The summed E-state index contributed by atoms with van der Waals surface area (Å²) < 4.78 is 13.1. The van der Waals surface area contributed by atoms with Crippen LogP contribution in [-0.2, 0) is 17.9 Å². The van der Waals surface area contributed by atoms with Gasteiger partial charge in [-0.3, -0.25) is 19.1 Å². The number of fused-ring (bicyclic) bond motifs is 1. The van der Waals surface area contributed by atoms with Crippen molar-refractivity contribution in [3.8, 4) is 17.6 Å². The van der Waals surface area contributed by atoms with Crippen LogP contribution in [0.15, 0.2) is 27.9 Å². The third-order valence-electron chi connectivity index (χ3n) is 7.68. The van der Waals surface area contributed by atoms with Crippen molar-refractivity contribution in [2.45, 2.75) is 60.0 Å². The molecule has 1 amide bonds. The molecule has 40 heavy (non-hydrogen) atoms. The summed E-state index contributed by atoms with van der Waals surface area (Å²) in [7, 11) is 0. The number of piperidine rings is 1. The number of carbonyl (C=O) groups excluding carboxylic acids is 1. The fourth-order valence-corrected chi connectivity index (χ4v) is 7.07. The van der Waals surface area contributed by atoms with Crippen LogP contribution in [0.2, 0.25) is 0 Å². The van der Waals surface area contributed by atoms with Crippen molar-refractivity contribution in [1.82, 2.24) is 9.47 Å².